The summed E-state index contributed by atoms with van der Waals surface area (Å²) in [5.41, 5.74) is 16.0. The quantitative estimate of drug-likeness (QED) is 0.165. The van der Waals surface area contributed by atoms with E-state index in [1.165, 1.54) is 0 Å². The molecule has 0 amide bonds. The van der Waals surface area contributed by atoms with Gasteiger partial charge >= 0.3 is 0 Å². The largest absolute Gasteiger partial charge is 0.239 e. The summed E-state index contributed by atoms with van der Waals surface area (Å²) in [6.07, 6.45) is 3.50. The maximum Gasteiger partial charge on any atom is 0.204 e. The third-order valence-corrected chi connectivity index (χ3v) is 9.96. The maximum atomic E-state index is 4.80. The van der Waals surface area contributed by atoms with Crippen molar-refractivity contribution in [2.75, 3.05) is 0 Å². The maximum absolute atomic E-state index is 4.80. The van der Waals surface area contributed by atoms with E-state index >= 15 is 0 Å². The van der Waals surface area contributed by atoms with Crippen molar-refractivity contribution in [3.8, 4) is 56.2 Å². The number of benzene rings is 6. The van der Waals surface area contributed by atoms with Crippen LogP contribution in [-0.2, 0) is 0 Å². The second-order valence-corrected chi connectivity index (χ2v) is 13.7. The van der Waals surface area contributed by atoms with E-state index in [0.29, 0.717) is 17.5 Å². The SMILES string of the molecule is Cc1cccc(C)c1C1=N/N=C(/c2cccc(-c3ccccc3-c3ccccc3-c3cccc(-c4nnc(-c5c(C)cccc5C)nn4)c3)c2)CC/C=N\1. The molecule has 7 heteroatoms. The van der Waals surface area contributed by atoms with E-state index in [1.807, 2.05) is 24.4 Å². The Hall–Kier alpha value is -6.73. The van der Waals surface area contributed by atoms with Crippen LogP contribution in [0.5, 0.6) is 0 Å². The van der Waals surface area contributed by atoms with Crippen molar-refractivity contribution in [2.24, 2.45) is 15.2 Å². The lowest BCUT2D eigenvalue weighted by molar-refractivity contribution is 0.874. The second-order valence-electron chi connectivity index (χ2n) is 13.7. The molecule has 7 nitrogen and oxygen atoms in total. The zero-order chi connectivity index (χ0) is 37.0. The molecular weight excluding hydrogens is 663 g/mol. The molecule has 0 unspecified atom stereocenters. The van der Waals surface area contributed by atoms with Gasteiger partial charge < -0.3 is 0 Å². The van der Waals surface area contributed by atoms with Gasteiger partial charge in [0.2, 0.25) is 11.6 Å². The van der Waals surface area contributed by atoms with E-state index in [2.05, 4.69) is 168 Å². The lowest BCUT2D eigenvalue weighted by Crippen LogP contribution is -2.08. The van der Waals surface area contributed by atoms with Crippen molar-refractivity contribution < 1.29 is 0 Å². The predicted molar refractivity (Wildman–Crippen MR) is 221 cm³/mol. The van der Waals surface area contributed by atoms with Gasteiger partial charge in [-0.05, 0) is 114 Å². The molecule has 2 heterocycles. The first-order valence-corrected chi connectivity index (χ1v) is 18.2. The Morgan fingerprint density at radius 1 is 0.407 bits per heavy atom. The monoisotopic (exact) mass is 701 g/mol. The summed E-state index contributed by atoms with van der Waals surface area (Å²) in [6.45, 7) is 8.29. The molecular formula is C47H39N7. The molecule has 0 atom stereocenters. The molecule has 0 spiro atoms. The van der Waals surface area contributed by atoms with Crippen molar-refractivity contribution in [2.45, 2.75) is 40.5 Å². The summed E-state index contributed by atoms with van der Waals surface area (Å²) in [7, 11) is 0. The second kappa shape index (κ2) is 15.1. The van der Waals surface area contributed by atoms with Crippen LogP contribution in [-0.4, -0.2) is 38.2 Å². The Labute approximate surface area is 316 Å². The molecule has 54 heavy (non-hydrogen) atoms. The predicted octanol–water partition coefficient (Wildman–Crippen LogP) is 10.9. The number of hydrogen-bond acceptors (Lipinski definition) is 7. The Morgan fingerprint density at radius 3 is 1.46 bits per heavy atom. The topological polar surface area (TPSA) is 88.6 Å². The molecule has 0 fully saturated rings. The van der Waals surface area contributed by atoms with Gasteiger partial charge in [0.15, 0.2) is 5.84 Å². The van der Waals surface area contributed by atoms with Gasteiger partial charge in [-0.3, -0.25) is 0 Å². The number of aromatic nitrogens is 4. The summed E-state index contributed by atoms with van der Waals surface area (Å²) < 4.78 is 0. The molecule has 0 aliphatic carbocycles. The van der Waals surface area contributed by atoms with Gasteiger partial charge in [0.25, 0.3) is 0 Å². The van der Waals surface area contributed by atoms with E-state index in [1.54, 1.807) is 0 Å². The van der Waals surface area contributed by atoms with Gasteiger partial charge in [-0.1, -0.05) is 121 Å². The van der Waals surface area contributed by atoms with Gasteiger partial charge in [-0.25, -0.2) is 4.99 Å². The summed E-state index contributed by atoms with van der Waals surface area (Å²) in [5, 5.41) is 27.5. The fourth-order valence-corrected chi connectivity index (χ4v) is 7.26. The van der Waals surface area contributed by atoms with Crippen LogP contribution in [0.1, 0.15) is 46.2 Å². The average molecular weight is 702 g/mol. The average Bonchev–Trinajstić information content (AvgIpc) is 3.19. The third kappa shape index (κ3) is 6.92. The first-order valence-electron chi connectivity index (χ1n) is 18.2. The number of rotatable bonds is 7. The van der Waals surface area contributed by atoms with Crippen LogP contribution in [0.25, 0.3) is 56.2 Å². The van der Waals surface area contributed by atoms with Crippen molar-refractivity contribution in [3.05, 3.63) is 167 Å². The molecule has 0 saturated carbocycles. The highest BCUT2D eigenvalue weighted by Gasteiger charge is 2.17. The molecule has 6 aromatic carbocycles. The smallest absolute Gasteiger partial charge is 0.204 e. The molecule has 1 aliphatic rings. The van der Waals surface area contributed by atoms with Crippen molar-refractivity contribution in [1.29, 1.82) is 0 Å². The van der Waals surface area contributed by atoms with Crippen molar-refractivity contribution in [1.82, 2.24) is 20.4 Å². The fourth-order valence-electron chi connectivity index (χ4n) is 7.26. The lowest BCUT2D eigenvalue weighted by Gasteiger charge is -2.16. The van der Waals surface area contributed by atoms with Crippen molar-refractivity contribution >= 4 is 17.8 Å². The molecule has 1 aromatic heterocycles. The third-order valence-electron chi connectivity index (χ3n) is 9.96. The highest BCUT2D eigenvalue weighted by Crippen LogP contribution is 2.39. The molecule has 0 bridgehead atoms. The van der Waals surface area contributed by atoms with Crippen LogP contribution in [0.15, 0.2) is 149 Å². The summed E-state index contributed by atoms with van der Waals surface area (Å²) in [5.74, 6) is 1.66. The van der Waals surface area contributed by atoms with Gasteiger partial charge in [0, 0.05) is 22.9 Å². The Balaban J connectivity index is 1.13. The van der Waals surface area contributed by atoms with Gasteiger partial charge in [0.05, 0.1) is 5.71 Å². The van der Waals surface area contributed by atoms with E-state index in [9.17, 15) is 0 Å². The van der Waals surface area contributed by atoms with Gasteiger partial charge in [-0.15, -0.1) is 25.5 Å². The number of aliphatic imine (C=N–C) groups is 1. The highest BCUT2D eigenvalue weighted by molar-refractivity contribution is 6.08. The van der Waals surface area contributed by atoms with Gasteiger partial charge in [-0.2, -0.15) is 5.10 Å². The number of nitrogens with zero attached hydrogens (tertiary/aromatic N) is 7. The standard InChI is InChI=1S/C47H39N7/c1-30-14-9-15-31(2)43(30)46-48-27-13-26-42(49-52-46)36-20-11-18-34(28-36)38-22-5-7-24-40(38)41-25-8-6-23-39(41)35-19-12-21-37(29-35)45-50-53-47(54-51-45)44-32(3)16-10-17-33(44)4/h5-12,14-25,27-29H,13,26H2,1-4H3/b48-27-,49-42+,52-46-. The van der Waals surface area contributed by atoms with E-state index in [4.69, 9.17) is 10.1 Å². The Kier molecular flexibility index (Phi) is 9.60. The highest BCUT2D eigenvalue weighted by atomic mass is 15.3. The molecule has 0 radical (unpaired) electrons. The van der Waals surface area contributed by atoms with Crippen molar-refractivity contribution in [3.63, 3.8) is 0 Å². The number of amidine groups is 1. The zero-order valence-electron chi connectivity index (χ0n) is 30.8. The van der Waals surface area contributed by atoms with E-state index in [-0.39, 0.29) is 0 Å². The summed E-state index contributed by atoms with van der Waals surface area (Å²) in [4.78, 5) is 4.69. The van der Waals surface area contributed by atoms with Crippen LogP contribution < -0.4 is 0 Å². The first-order chi connectivity index (χ1) is 26.4. The van der Waals surface area contributed by atoms with E-state index < -0.39 is 0 Å². The molecule has 8 rings (SSSR count). The van der Waals surface area contributed by atoms with Crippen LogP contribution in [0.4, 0.5) is 0 Å². The molecule has 0 saturated heterocycles. The van der Waals surface area contributed by atoms with Crippen LogP contribution >= 0.6 is 0 Å². The number of hydrogen-bond donors (Lipinski definition) is 0. The lowest BCUT2D eigenvalue weighted by atomic mass is 9.88. The minimum Gasteiger partial charge on any atom is -0.239 e. The van der Waals surface area contributed by atoms with Crippen LogP contribution in [0.3, 0.4) is 0 Å². The molecule has 7 aromatic rings. The molecule has 262 valence electrons. The normalized spacial score (nSPS) is 15.3. The van der Waals surface area contributed by atoms with Gasteiger partial charge in [0.1, 0.15) is 0 Å². The minimum absolute atomic E-state index is 0.482. The summed E-state index contributed by atoms with van der Waals surface area (Å²) in [6, 6.07) is 46.4. The first kappa shape index (κ1) is 34.4. The zero-order valence-corrected chi connectivity index (χ0v) is 30.8. The number of aryl methyl sites for hydroxylation is 4. The van der Waals surface area contributed by atoms with Crippen LogP contribution in [0.2, 0.25) is 0 Å². The Bertz CT molecular complexity index is 2560. The van der Waals surface area contributed by atoms with Crippen LogP contribution in [0, 0.1) is 27.7 Å². The Morgan fingerprint density at radius 2 is 0.870 bits per heavy atom. The molecule has 1 aliphatic heterocycles. The minimum atomic E-state index is 0.482. The summed E-state index contributed by atoms with van der Waals surface area (Å²) >= 11 is 0. The van der Waals surface area contributed by atoms with E-state index in [0.717, 1.165) is 96.4 Å². The fraction of sp³-hybridized carbons (Fsp3) is 0.128. The molecule has 0 N–H and O–H groups in total.